The summed E-state index contributed by atoms with van der Waals surface area (Å²) in [5, 5.41) is 3.70. The number of hydrogen-bond donors (Lipinski definition) is 1. The van der Waals surface area contributed by atoms with E-state index in [4.69, 9.17) is 4.74 Å². The van der Waals surface area contributed by atoms with Gasteiger partial charge in [-0.15, -0.1) is 0 Å². The van der Waals surface area contributed by atoms with E-state index in [1.54, 1.807) is 19.5 Å². The first-order valence-electron chi connectivity index (χ1n) is 8.17. The first-order chi connectivity index (χ1) is 10.1. The van der Waals surface area contributed by atoms with E-state index in [1.165, 1.54) is 32.1 Å². The molecule has 2 unspecified atom stereocenters. The first kappa shape index (κ1) is 14.8. The van der Waals surface area contributed by atoms with Crippen LogP contribution in [-0.2, 0) is 0 Å². The average Bonchev–Trinajstić information content (AvgIpc) is 3.29. The van der Waals surface area contributed by atoms with Crippen LogP contribution in [0.1, 0.15) is 57.6 Å². The Morgan fingerprint density at radius 2 is 2.00 bits per heavy atom. The molecule has 21 heavy (non-hydrogen) atoms. The fourth-order valence-corrected chi connectivity index (χ4v) is 3.56. The summed E-state index contributed by atoms with van der Waals surface area (Å²) in [5.41, 5.74) is 1.43. The van der Waals surface area contributed by atoms with Gasteiger partial charge in [-0.2, -0.15) is 0 Å². The predicted octanol–water partition coefficient (Wildman–Crippen LogP) is 3.15. The Bertz CT molecular complexity index is 483. The first-order valence-corrected chi connectivity index (χ1v) is 8.17. The van der Waals surface area contributed by atoms with Crippen molar-refractivity contribution < 1.29 is 4.74 Å². The molecule has 4 nitrogen and oxygen atoms in total. The molecule has 2 saturated carbocycles. The van der Waals surface area contributed by atoms with Crippen LogP contribution in [0.25, 0.3) is 0 Å². The minimum Gasteiger partial charge on any atom is -0.480 e. The Morgan fingerprint density at radius 1 is 1.24 bits per heavy atom. The Kier molecular flexibility index (Phi) is 4.16. The van der Waals surface area contributed by atoms with Crippen LogP contribution in [0.4, 0.5) is 0 Å². The number of aromatic nitrogens is 2. The second-order valence-corrected chi connectivity index (χ2v) is 7.41. The summed E-state index contributed by atoms with van der Waals surface area (Å²) in [7, 11) is 1.69. The molecule has 3 rings (SSSR count). The molecule has 0 bridgehead atoms. The van der Waals surface area contributed by atoms with Crippen molar-refractivity contribution in [3.05, 3.63) is 18.1 Å². The lowest BCUT2D eigenvalue weighted by Gasteiger charge is -2.40. The number of nitrogens with zero attached hydrogens (tertiary/aromatic N) is 2. The molecule has 0 aliphatic heterocycles. The van der Waals surface area contributed by atoms with Gasteiger partial charge in [-0.05, 0) is 50.0 Å². The van der Waals surface area contributed by atoms with Gasteiger partial charge in [-0.3, -0.25) is 4.98 Å². The third-order valence-corrected chi connectivity index (χ3v) is 5.02. The van der Waals surface area contributed by atoms with Crippen molar-refractivity contribution in [1.82, 2.24) is 15.3 Å². The highest BCUT2D eigenvalue weighted by atomic mass is 16.5. The molecule has 0 spiro atoms. The van der Waals surface area contributed by atoms with E-state index in [-0.39, 0.29) is 0 Å². The van der Waals surface area contributed by atoms with E-state index < -0.39 is 0 Å². The molecule has 2 aliphatic rings. The van der Waals surface area contributed by atoms with E-state index >= 15 is 0 Å². The quantitative estimate of drug-likeness (QED) is 0.904. The number of nitrogens with one attached hydrogen (secondary N) is 1. The van der Waals surface area contributed by atoms with Gasteiger partial charge in [0.05, 0.1) is 7.11 Å². The lowest BCUT2D eigenvalue weighted by Crippen LogP contribution is -2.36. The van der Waals surface area contributed by atoms with Crippen LogP contribution in [0.3, 0.4) is 0 Å². The summed E-state index contributed by atoms with van der Waals surface area (Å²) in [5.74, 6) is 1.80. The summed E-state index contributed by atoms with van der Waals surface area (Å²) >= 11 is 0. The normalized spacial score (nSPS) is 28.3. The molecule has 2 aliphatic carbocycles. The van der Waals surface area contributed by atoms with Crippen LogP contribution in [0, 0.1) is 11.3 Å². The molecular formula is C17H27N3O. The van der Waals surface area contributed by atoms with Crippen molar-refractivity contribution in [3.8, 4) is 5.88 Å². The molecule has 116 valence electrons. The molecule has 1 aromatic rings. The van der Waals surface area contributed by atoms with Crippen molar-refractivity contribution in [2.24, 2.45) is 11.3 Å². The maximum absolute atomic E-state index is 5.46. The standard InChI is InChI=1S/C17H27N3O/c1-17(2)7-6-12(11-20-13-4-5-13)14(10-17)15-16(21-3)19-9-8-18-15/h8-9,12-14,20H,4-7,10-11H2,1-3H3. The van der Waals surface area contributed by atoms with Gasteiger partial charge in [0.15, 0.2) is 0 Å². The Labute approximate surface area is 127 Å². The second kappa shape index (κ2) is 5.91. The topological polar surface area (TPSA) is 47.0 Å². The van der Waals surface area contributed by atoms with Crippen molar-refractivity contribution in [3.63, 3.8) is 0 Å². The zero-order valence-corrected chi connectivity index (χ0v) is 13.4. The Balaban J connectivity index is 1.81. The summed E-state index contributed by atoms with van der Waals surface area (Å²) in [6.07, 6.45) is 9.92. The maximum Gasteiger partial charge on any atom is 0.235 e. The summed E-state index contributed by atoms with van der Waals surface area (Å²) in [4.78, 5) is 8.97. The highest BCUT2D eigenvalue weighted by molar-refractivity contribution is 5.24. The average molecular weight is 289 g/mol. The highest BCUT2D eigenvalue weighted by Crippen LogP contribution is 2.47. The van der Waals surface area contributed by atoms with Crippen molar-refractivity contribution in [1.29, 1.82) is 0 Å². The largest absolute Gasteiger partial charge is 0.480 e. The fourth-order valence-electron chi connectivity index (χ4n) is 3.56. The van der Waals surface area contributed by atoms with E-state index in [0.717, 1.165) is 18.3 Å². The molecule has 2 atom stereocenters. The molecule has 4 heteroatoms. The number of methoxy groups -OCH3 is 1. The van der Waals surface area contributed by atoms with E-state index in [2.05, 4.69) is 29.1 Å². The summed E-state index contributed by atoms with van der Waals surface area (Å²) in [6.45, 7) is 5.84. The van der Waals surface area contributed by atoms with Crippen LogP contribution in [0.15, 0.2) is 12.4 Å². The van der Waals surface area contributed by atoms with Gasteiger partial charge in [-0.25, -0.2) is 4.98 Å². The second-order valence-electron chi connectivity index (χ2n) is 7.41. The maximum atomic E-state index is 5.46. The molecule has 0 saturated heterocycles. The predicted molar refractivity (Wildman–Crippen MR) is 83.5 cm³/mol. The van der Waals surface area contributed by atoms with Crippen LogP contribution >= 0.6 is 0 Å². The van der Waals surface area contributed by atoms with Crippen LogP contribution < -0.4 is 10.1 Å². The smallest absolute Gasteiger partial charge is 0.235 e. The van der Waals surface area contributed by atoms with Crippen molar-refractivity contribution in [2.45, 2.75) is 57.9 Å². The van der Waals surface area contributed by atoms with Crippen LogP contribution in [0.2, 0.25) is 0 Å². The lowest BCUT2D eigenvalue weighted by atomic mass is 9.66. The molecule has 0 radical (unpaired) electrons. The number of ether oxygens (including phenoxy) is 1. The molecule has 2 fully saturated rings. The monoisotopic (exact) mass is 289 g/mol. The summed E-state index contributed by atoms with van der Waals surface area (Å²) in [6, 6.07) is 0.768. The van der Waals surface area contributed by atoms with E-state index in [0.29, 0.717) is 23.1 Å². The molecule has 1 N–H and O–H groups in total. The fraction of sp³-hybridized carbons (Fsp3) is 0.765. The van der Waals surface area contributed by atoms with Gasteiger partial charge in [0.2, 0.25) is 5.88 Å². The van der Waals surface area contributed by atoms with Gasteiger partial charge in [-0.1, -0.05) is 13.8 Å². The molecular weight excluding hydrogens is 262 g/mol. The van der Waals surface area contributed by atoms with Crippen LogP contribution in [-0.4, -0.2) is 29.7 Å². The Hall–Kier alpha value is -1.16. The van der Waals surface area contributed by atoms with E-state index in [1.807, 2.05) is 0 Å². The van der Waals surface area contributed by atoms with Crippen molar-refractivity contribution in [2.75, 3.05) is 13.7 Å². The molecule has 0 amide bonds. The van der Waals surface area contributed by atoms with Gasteiger partial charge in [0.25, 0.3) is 0 Å². The summed E-state index contributed by atoms with van der Waals surface area (Å²) < 4.78 is 5.46. The van der Waals surface area contributed by atoms with Gasteiger partial charge < -0.3 is 10.1 Å². The zero-order valence-electron chi connectivity index (χ0n) is 13.4. The zero-order chi connectivity index (χ0) is 14.9. The molecule has 1 aromatic heterocycles. The van der Waals surface area contributed by atoms with Crippen molar-refractivity contribution >= 4 is 0 Å². The van der Waals surface area contributed by atoms with Gasteiger partial charge >= 0.3 is 0 Å². The van der Waals surface area contributed by atoms with Crippen LogP contribution in [0.5, 0.6) is 5.88 Å². The lowest BCUT2D eigenvalue weighted by molar-refractivity contribution is 0.154. The van der Waals surface area contributed by atoms with Gasteiger partial charge in [0.1, 0.15) is 5.69 Å². The molecule has 0 aromatic carbocycles. The SMILES string of the molecule is COc1nccnc1C1CC(C)(C)CCC1CNC1CC1. The minimum absolute atomic E-state index is 0.378. The third-order valence-electron chi connectivity index (χ3n) is 5.02. The minimum atomic E-state index is 0.378. The van der Waals surface area contributed by atoms with Gasteiger partial charge in [0, 0.05) is 24.4 Å². The number of rotatable bonds is 5. The molecule has 1 heterocycles. The van der Waals surface area contributed by atoms with E-state index in [9.17, 15) is 0 Å². The third kappa shape index (κ3) is 3.54. The highest BCUT2D eigenvalue weighted by Gasteiger charge is 2.38. The Morgan fingerprint density at radius 3 is 2.71 bits per heavy atom. The number of hydrogen-bond acceptors (Lipinski definition) is 4.